The smallest absolute Gasteiger partial charge is 0.326 e. The van der Waals surface area contributed by atoms with E-state index in [0.717, 1.165) is 32.1 Å². The van der Waals surface area contributed by atoms with Crippen LogP contribution in [0.3, 0.4) is 0 Å². The van der Waals surface area contributed by atoms with Crippen LogP contribution in [-0.2, 0) is 77.1 Å². The van der Waals surface area contributed by atoms with Gasteiger partial charge in [-0.2, -0.15) is 0 Å². The lowest BCUT2D eigenvalue weighted by Gasteiger charge is -2.32. The molecule has 2 aliphatic heterocycles. The molecule has 4 N–H and O–H groups in total. The number of nitrogens with zero attached hydrogens (tertiary/aromatic N) is 2. The minimum absolute atomic E-state index is 0.0391. The van der Waals surface area contributed by atoms with Gasteiger partial charge in [0.05, 0.1) is 22.3 Å². The van der Waals surface area contributed by atoms with E-state index in [9.17, 15) is 28.8 Å². The third kappa shape index (κ3) is 16.7. The monoisotopic (exact) mass is 1500 g/mol. The van der Waals surface area contributed by atoms with Crippen LogP contribution in [0, 0.1) is 0 Å². The maximum Gasteiger partial charge on any atom is 0.326 e. The zero-order valence-electron chi connectivity index (χ0n) is 62.1. The molecule has 0 fully saturated rings. The number of carbonyl (C=O) groups is 10. The van der Waals surface area contributed by atoms with E-state index in [2.05, 4.69) is 47.6 Å². The maximum atomic E-state index is 15.9. The van der Waals surface area contributed by atoms with Crippen molar-refractivity contribution in [3.8, 4) is 46.0 Å². The molecule has 8 amide bonds. The molecule has 11 aromatic carbocycles. The van der Waals surface area contributed by atoms with E-state index in [4.69, 9.17) is 28.4 Å². The lowest BCUT2D eigenvalue weighted by atomic mass is 9.80. The number of fused-ring (bicyclic) bond motifs is 2. The first kappa shape index (κ1) is 76.2. The molecule has 0 aliphatic carbocycles. The van der Waals surface area contributed by atoms with Gasteiger partial charge in [-0.1, -0.05) is 136 Å². The molecule has 2 aliphatic rings. The molecule has 22 heteroatoms. The third-order valence-corrected chi connectivity index (χ3v) is 19.1. The van der Waals surface area contributed by atoms with Crippen LogP contribution in [0.15, 0.2) is 231 Å². The number of imide groups is 2. The second kappa shape index (κ2) is 33.2. The highest BCUT2D eigenvalue weighted by atomic mass is 16.5. The Morgan fingerprint density at radius 3 is 0.759 bits per heavy atom. The lowest BCUT2D eigenvalue weighted by molar-refractivity contribution is -0.146. The van der Waals surface area contributed by atoms with Gasteiger partial charge in [0.2, 0.25) is 23.6 Å². The number of nitrogens with one attached hydrogen (secondary N) is 4. The van der Waals surface area contributed by atoms with Gasteiger partial charge in [-0.05, 0) is 160 Å². The second-order valence-corrected chi connectivity index (χ2v) is 27.5. The normalized spacial score (nSPS) is 12.2. The molecule has 11 aromatic rings. The zero-order valence-corrected chi connectivity index (χ0v) is 62.1. The third-order valence-electron chi connectivity index (χ3n) is 19.1. The Hall–Kier alpha value is -14.0. The van der Waals surface area contributed by atoms with Gasteiger partial charge < -0.3 is 49.7 Å². The van der Waals surface area contributed by atoms with Crippen molar-refractivity contribution in [1.82, 2.24) is 31.1 Å². The fourth-order valence-electron chi connectivity index (χ4n) is 13.3. The van der Waals surface area contributed by atoms with Gasteiger partial charge in [0.25, 0.3) is 23.6 Å². The minimum atomic E-state index is -0.909. The quantitative estimate of drug-likeness (QED) is 0.0100. The summed E-state index contributed by atoms with van der Waals surface area (Å²) in [6.07, 6.45) is 1.64. The van der Waals surface area contributed by atoms with E-state index in [1.807, 2.05) is 12.1 Å². The first-order valence-electron chi connectivity index (χ1n) is 36.3. The van der Waals surface area contributed by atoms with Gasteiger partial charge in [-0.15, -0.1) is 0 Å². The number of hydrogen-bond donors (Lipinski definition) is 4. The summed E-state index contributed by atoms with van der Waals surface area (Å²) in [7, 11) is 0. The summed E-state index contributed by atoms with van der Waals surface area (Å²) in [6, 6.07) is 51.6. The van der Waals surface area contributed by atoms with Crippen molar-refractivity contribution in [1.29, 1.82) is 0 Å². The first-order valence-corrected chi connectivity index (χ1v) is 36.3. The Balaban J connectivity index is 1.09. The number of esters is 2. The number of amides is 8. The number of carbonyl (C=O) groups excluding carboxylic acids is 10. The molecule has 2 heterocycles. The predicted octanol–water partition coefficient (Wildman–Crippen LogP) is 14.5. The summed E-state index contributed by atoms with van der Waals surface area (Å²) in [5, 5.41) is 12.5. The van der Waals surface area contributed by atoms with E-state index < -0.39 is 48.7 Å². The van der Waals surface area contributed by atoms with Crippen LogP contribution in [0.1, 0.15) is 103 Å². The minimum Gasteiger partial charge on any atom is -0.459 e. The number of ether oxygens (including phenoxy) is 6. The van der Waals surface area contributed by atoms with Crippen LogP contribution in [0.2, 0.25) is 0 Å². The molecule has 112 heavy (non-hydrogen) atoms. The van der Waals surface area contributed by atoms with Gasteiger partial charge in [0.15, 0.2) is 0 Å². The predicted molar refractivity (Wildman–Crippen MR) is 423 cm³/mol. The fourth-order valence-corrected chi connectivity index (χ4v) is 13.3. The molecule has 564 valence electrons. The Kier molecular flexibility index (Phi) is 22.6. The summed E-state index contributed by atoms with van der Waals surface area (Å²) >= 11 is 0. The highest BCUT2D eigenvalue weighted by Crippen LogP contribution is 2.58. The number of benzene rings is 11. The highest BCUT2D eigenvalue weighted by molar-refractivity contribution is 6.45. The fraction of sp³-hybridized carbons (Fsp3) is 0.178. The van der Waals surface area contributed by atoms with Crippen LogP contribution < -0.4 is 40.2 Å². The van der Waals surface area contributed by atoms with Gasteiger partial charge in [-0.25, -0.2) is 0 Å². The molecule has 22 nitrogen and oxygen atoms in total. The van der Waals surface area contributed by atoms with Crippen LogP contribution >= 0.6 is 0 Å². The van der Waals surface area contributed by atoms with Crippen molar-refractivity contribution in [3.05, 3.63) is 286 Å². The van der Waals surface area contributed by atoms with Crippen molar-refractivity contribution in [3.63, 3.8) is 0 Å². The number of rotatable bonds is 32. The van der Waals surface area contributed by atoms with E-state index in [1.165, 1.54) is 24.3 Å². The largest absolute Gasteiger partial charge is 0.459 e. The Morgan fingerprint density at radius 1 is 0.304 bits per heavy atom. The molecule has 0 saturated carbocycles. The molecule has 0 spiro atoms. The Bertz CT molecular complexity index is 5050. The first-order chi connectivity index (χ1) is 54.0. The Labute approximate surface area is 644 Å². The zero-order chi connectivity index (χ0) is 79.0. The Morgan fingerprint density at radius 2 is 0.536 bits per heavy atom. The van der Waals surface area contributed by atoms with E-state index in [-0.39, 0.29) is 174 Å². The van der Waals surface area contributed by atoms with Crippen LogP contribution in [0.4, 0.5) is 0 Å². The number of hydrogen-bond acceptors (Lipinski definition) is 16. The summed E-state index contributed by atoms with van der Waals surface area (Å²) in [6.45, 7) is 20.5. The summed E-state index contributed by atoms with van der Waals surface area (Å²) < 4.78 is 40.2. The van der Waals surface area contributed by atoms with Gasteiger partial charge in [0, 0.05) is 91.6 Å². The molecule has 0 unspecified atom stereocenters. The topological polar surface area (TPSA) is 281 Å². The van der Waals surface area contributed by atoms with Gasteiger partial charge in [-0.3, -0.25) is 57.7 Å². The molecule has 0 atom stereocenters. The molecule has 13 rings (SSSR count). The van der Waals surface area contributed by atoms with Gasteiger partial charge in [0.1, 0.15) is 72.3 Å². The summed E-state index contributed by atoms with van der Waals surface area (Å²) in [4.78, 5) is 144. The van der Waals surface area contributed by atoms with Gasteiger partial charge >= 0.3 is 11.9 Å². The van der Waals surface area contributed by atoms with Crippen molar-refractivity contribution >= 4 is 102 Å². The average Bonchev–Trinajstić information content (AvgIpc) is 0.672. The lowest BCUT2D eigenvalue weighted by Crippen LogP contribution is -2.44. The summed E-state index contributed by atoms with van der Waals surface area (Å²) in [5.41, 5.74) is 5.47. The average molecular weight is 1500 g/mol. The molecular formula is C90H78N6O16. The standard InChI is InChI=1S/C90H78N6O16/c1-51(2)83(99)91-39-35-55-19-27-61(28-20-55)109-69-43-65-75-66(88(104)95(87(65)103)47-73(97)107-49-59-15-11-9-12-16-59)45-71(111-63-31-23-57(24-32-63)37-41-93-85(101)53(5)6)79-80-72(112-64-33-25-58(26-34-64)38-42-94-86(102)54(7)8)46-68-76-67(89(105)96(90(68)106)48-74(98)108-50-60-17-13-10-14-18-60)44-70(78(82(76)80)77(69)81(75)79)110-62-29-21-56(22-30-62)36-40-92-84(100)52(3)4/h9-34,43-46H,1,3,5,7,35-42,47-50H2,2,4,6,8H3,(H,91,99)(H,92,100)(H,93,101)(H,94,102). The molecule has 0 bridgehead atoms. The second-order valence-electron chi connectivity index (χ2n) is 27.5. The maximum absolute atomic E-state index is 15.9. The van der Waals surface area contributed by atoms with E-state index in [0.29, 0.717) is 59.1 Å². The molecule has 0 saturated heterocycles. The highest BCUT2D eigenvalue weighted by Gasteiger charge is 2.43. The van der Waals surface area contributed by atoms with Crippen LogP contribution in [-0.4, -0.2) is 108 Å². The van der Waals surface area contributed by atoms with Crippen molar-refractivity contribution < 1.29 is 76.4 Å². The van der Waals surface area contributed by atoms with E-state index in [1.54, 1.807) is 173 Å². The van der Waals surface area contributed by atoms with Crippen molar-refractivity contribution in [2.75, 3.05) is 39.3 Å². The van der Waals surface area contributed by atoms with Crippen molar-refractivity contribution in [2.45, 2.75) is 66.6 Å². The van der Waals surface area contributed by atoms with Crippen molar-refractivity contribution in [2.24, 2.45) is 0 Å². The molecular weight excluding hydrogens is 1420 g/mol. The molecule has 0 radical (unpaired) electrons. The summed E-state index contributed by atoms with van der Waals surface area (Å²) in [5.74, 6) is -5.91. The molecule has 0 aromatic heterocycles. The van der Waals surface area contributed by atoms with Crippen LogP contribution in [0.5, 0.6) is 46.0 Å². The SMILES string of the molecule is C=C(C)C(=O)NCCc1ccc(Oc2cc3c4c(cc(Oc5ccc(CCNC(=O)C(=C)C)cc5)c5c6c(Oc7ccc(CCNC(=O)C(=C)C)cc7)cc7c8c(cc(Oc9ccc(CCNC(=O)C(=C)C)cc9)c(c2c45)c86)C(=O)N(CC(=O)OCc2ccccc2)C7=O)C(=O)N(CC(=O)OCc2ccccc2)C3=O)cc1. The van der Waals surface area contributed by atoms with E-state index >= 15 is 19.2 Å². The van der Waals surface area contributed by atoms with Crippen LogP contribution in [0.25, 0.3) is 43.1 Å².